The molecule has 174 valence electrons. The van der Waals surface area contributed by atoms with E-state index in [1.807, 2.05) is 32.9 Å². The van der Waals surface area contributed by atoms with E-state index >= 15 is 0 Å². The number of carbonyl (C=O) groups excluding carboxylic acids is 1. The van der Waals surface area contributed by atoms with Gasteiger partial charge in [0.2, 0.25) is 10.0 Å². The molecular weight excluding hydrogens is 418 g/mol. The first-order valence-corrected chi connectivity index (χ1v) is 12.1. The van der Waals surface area contributed by atoms with E-state index in [0.29, 0.717) is 13.1 Å². The van der Waals surface area contributed by atoms with Gasteiger partial charge in [-0.2, -0.15) is 4.31 Å². The number of aliphatic hydroxyl groups is 1. The molecule has 0 bridgehead atoms. The number of likely N-dealkylation sites (N-methyl/N-ethyl adjacent to an activating group) is 1. The summed E-state index contributed by atoms with van der Waals surface area (Å²) in [5, 5.41) is 12.5. The lowest BCUT2D eigenvalue weighted by Gasteiger charge is -2.37. The summed E-state index contributed by atoms with van der Waals surface area (Å²) < 4.78 is 34.3. The zero-order valence-corrected chi connectivity index (χ0v) is 19.9. The fourth-order valence-electron chi connectivity index (χ4n) is 3.48. The Kier molecular flexibility index (Phi) is 8.90. The van der Waals surface area contributed by atoms with Gasteiger partial charge in [0.15, 0.2) is 0 Å². The SMILES string of the molecule is C/C=C/c1ccc2c(c1)O[C@H](CN(C)C(=O)NCCC)[C@@H](C)CN([C@H](C)CO)S2(=O)=O. The van der Waals surface area contributed by atoms with Crippen LogP contribution in [0.2, 0.25) is 0 Å². The topological polar surface area (TPSA) is 99.2 Å². The zero-order valence-electron chi connectivity index (χ0n) is 19.0. The van der Waals surface area contributed by atoms with Crippen LogP contribution in [0.15, 0.2) is 29.2 Å². The Morgan fingerprint density at radius 2 is 2.16 bits per heavy atom. The Hall–Kier alpha value is -2.10. The van der Waals surface area contributed by atoms with Gasteiger partial charge in [0, 0.05) is 32.1 Å². The molecule has 0 unspecified atom stereocenters. The largest absolute Gasteiger partial charge is 0.487 e. The van der Waals surface area contributed by atoms with Crippen LogP contribution in [-0.4, -0.2) is 74.2 Å². The molecule has 0 saturated carbocycles. The van der Waals surface area contributed by atoms with Crippen LogP contribution in [0.25, 0.3) is 6.08 Å². The molecule has 2 N–H and O–H groups in total. The number of fused-ring (bicyclic) bond motifs is 1. The number of nitrogens with one attached hydrogen (secondary N) is 1. The van der Waals surface area contributed by atoms with Gasteiger partial charge >= 0.3 is 6.03 Å². The minimum Gasteiger partial charge on any atom is -0.487 e. The van der Waals surface area contributed by atoms with Crippen molar-refractivity contribution < 1.29 is 23.1 Å². The van der Waals surface area contributed by atoms with Crippen molar-refractivity contribution in [3.8, 4) is 5.75 Å². The molecule has 2 rings (SSSR count). The number of amides is 2. The standard InChI is InChI=1S/C22H35N3O5S/c1-6-8-18-9-10-21-19(12-18)30-20(14-24(5)22(27)23-11-7-2)16(3)13-25(17(4)15-26)31(21,28)29/h6,8-10,12,16-17,20,26H,7,11,13-15H2,1-5H3,(H,23,27)/b8-6+/t16-,17+,20+/m0/s1. The number of rotatable bonds is 7. The molecule has 0 aromatic heterocycles. The van der Waals surface area contributed by atoms with E-state index in [4.69, 9.17) is 4.74 Å². The van der Waals surface area contributed by atoms with E-state index in [2.05, 4.69) is 5.32 Å². The quantitative estimate of drug-likeness (QED) is 0.661. The first kappa shape index (κ1) is 25.2. The summed E-state index contributed by atoms with van der Waals surface area (Å²) >= 11 is 0. The number of hydrogen-bond acceptors (Lipinski definition) is 5. The molecule has 2 amide bonds. The first-order valence-electron chi connectivity index (χ1n) is 10.7. The Labute approximate surface area is 185 Å². The van der Waals surface area contributed by atoms with Crippen molar-refractivity contribution in [3.05, 3.63) is 29.8 Å². The monoisotopic (exact) mass is 453 g/mol. The first-order chi connectivity index (χ1) is 14.6. The van der Waals surface area contributed by atoms with E-state index in [-0.39, 0.29) is 35.7 Å². The third-order valence-electron chi connectivity index (χ3n) is 5.38. The molecule has 9 heteroatoms. The lowest BCUT2D eigenvalue weighted by atomic mass is 10.0. The average molecular weight is 454 g/mol. The highest BCUT2D eigenvalue weighted by atomic mass is 32.2. The Balaban J connectivity index is 2.47. The summed E-state index contributed by atoms with van der Waals surface area (Å²) in [5.74, 6) is 0.0355. The second-order valence-electron chi connectivity index (χ2n) is 8.06. The van der Waals surface area contributed by atoms with Crippen molar-refractivity contribution in [1.82, 2.24) is 14.5 Å². The maximum atomic E-state index is 13.4. The maximum absolute atomic E-state index is 13.4. The minimum atomic E-state index is -3.87. The summed E-state index contributed by atoms with van der Waals surface area (Å²) in [7, 11) is -2.17. The van der Waals surface area contributed by atoms with E-state index in [1.54, 1.807) is 37.1 Å². The van der Waals surface area contributed by atoms with Gasteiger partial charge < -0.3 is 20.1 Å². The van der Waals surface area contributed by atoms with Crippen molar-refractivity contribution in [2.24, 2.45) is 5.92 Å². The molecule has 1 heterocycles. The van der Waals surface area contributed by atoms with Crippen LogP contribution in [0, 0.1) is 5.92 Å². The number of allylic oxidation sites excluding steroid dienone is 1. The number of ether oxygens (including phenoxy) is 1. The van der Waals surface area contributed by atoms with Crippen LogP contribution in [0.5, 0.6) is 5.75 Å². The number of sulfonamides is 1. The van der Waals surface area contributed by atoms with Crippen LogP contribution in [0.3, 0.4) is 0 Å². The molecule has 0 spiro atoms. The number of benzene rings is 1. The molecule has 0 radical (unpaired) electrons. The van der Waals surface area contributed by atoms with Gasteiger partial charge in [-0.05, 0) is 38.0 Å². The minimum absolute atomic E-state index is 0.0658. The van der Waals surface area contributed by atoms with Gasteiger partial charge in [0.05, 0.1) is 13.2 Å². The summed E-state index contributed by atoms with van der Waals surface area (Å²) in [4.78, 5) is 14.0. The van der Waals surface area contributed by atoms with Crippen LogP contribution in [-0.2, 0) is 10.0 Å². The van der Waals surface area contributed by atoms with Gasteiger partial charge in [0.1, 0.15) is 16.7 Å². The summed E-state index contributed by atoms with van der Waals surface area (Å²) in [6, 6.07) is 4.19. The van der Waals surface area contributed by atoms with Crippen LogP contribution >= 0.6 is 0 Å². The van der Waals surface area contributed by atoms with Crippen LogP contribution in [0.1, 0.15) is 39.7 Å². The Morgan fingerprint density at radius 3 is 2.77 bits per heavy atom. The fraction of sp³-hybridized carbons (Fsp3) is 0.591. The number of hydrogen-bond donors (Lipinski definition) is 2. The molecule has 1 aliphatic heterocycles. The number of carbonyl (C=O) groups is 1. The molecule has 1 aliphatic rings. The molecular formula is C22H35N3O5S. The molecule has 1 aromatic rings. The third-order valence-corrected chi connectivity index (χ3v) is 7.40. The molecule has 8 nitrogen and oxygen atoms in total. The van der Waals surface area contributed by atoms with Crippen molar-refractivity contribution in [3.63, 3.8) is 0 Å². The van der Waals surface area contributed by atoms with E-state index in [1.165, 1.54) is 4.31 Å². The van der Waals surface area contributed by atoms with E-state index in [9.17, 15) is 18.3 Å². The lowest BCUT2D eigenvalue weighted by molar-refractivity contribution is 0.0812. The van der Waals surface area contributed by atoms with Gasteiger partial charge in [-0.25, -0.2) is 13.2 Å². The predicted octanol–water partition coefficient (Wildman–Crippen LogP) is 2.54. The number of nitrogens with zero attached hydrogens (tertiary/aromatic N) is 2. The summed E-state index contributed by atoms with van der Waals surface area (Å²) in [6.45, 7) is 8.21. The normalized spacial score (nSPS) is 22.1. The highest BCUT2D eigenvalue weighted by Gasteiger charge is 2.38. The van der Waals surface area contributed by atoms with Crippen LogP contribution in [0.4, 0.5) is 4.79 Å². The molecule has 1 aromatic carbocycles. The number of aliphatic hydroxyl groups excluding tert-OH is 1. The van der Waals surface area contributed by atoms with Crippen LogP contribution < -0.4 is 10.1 Å². The van der Waals surface area contributed by atoms with Crippen molar-refractivity contribution in [1.29, 1.82) is 0 Å². The van der Waals surface area contributed by atoms with Gasteiger partial charge in [-0.1, -0.05) is 32.1 Å². The second kappa shape index (κ2) is 11.0. The molecule has 3 atom stereocenters. The Bertz CT molecular complexity index is 887. The fourth-order valence-corrected chi connectivity index (χ4v) is 5.30. The average Bonchev–Trinajstić information content (AvgIpc) is 2.73. The van der Waals surface area contributed by atoms with E-state index in [0.717, 1.165) is 12.0 Å². The second-order valence-corrected chi connectivity index (χ2v) is 9.92. The van der Waals surface area contributed by atoms with Crippen molar-refractivity contribution in [2.45, 2.75) is 51.2 Å². The maximum Gasteiger partial charge on any atom is 0.317 e. The third kappa shape index (κ3) is 5.99. The van der Waals surface area contributed by atoms with E-state index < -0.39 is 22.2 Å². The van der Waals surface area contributed by atoms with Gasteiger partial charge in [0.25, 0.3) is 0 Å². The highest BCUT2D eigenvalue weighted by Crippen LogP contribution is 2.34. The summed E-state index contributed by atoms with van der Waals surface area (Å²) in [6.07, 6.45) is 4.14. The lowest BCUT2D eigenvalue weighted by Crippen LogP contribution is -2.51. The van der Waals surface area contributed by atoms with Gasteiger partial charge in [-0.3, -0.25) is 0 Å². The Morgan fingerprint density at radius 1 is 1.45 bits per heavy atom. The summed E-state index contributed by atoms with van der Waals surface area (Å²) in [5.41, 5.74) is 0.819. The molecule has 0 aliphatic carbocycles. The number of urea groups is 1. The molecule has 0 fully saturated rings. The van der Waals surface area contributed by atoms with Gasteiger partial charge in [-0.15, -0.1) is 0 Å². The molecule has 0 saturated heterocycles. The van der Waals surface area contributed by atoms with Crippen molar-refractivity contribution >= 4 is 22.1 Å². The predicted molar refractivity (Wildman–Crippen MR) is 121 cm³/mol. The van der Waals surface area contributed by atoms with Crippen molar-refractivity contribution in [2.75, 3.05) is 33.3 Å². The smallest absolute Gasteiger partial charge is 0.317 e. The zero-order chi connectivity index (χ0) is 23.2. The highest BCUT2D eigenvalue weighted by molar-refractivity contribution is 7.89. The molecule has 31 heavy (non-hydrogen) atoms.